The van der Waals surface area contributed by atoms with Gasteiger partial charge in [-0.2, -0.15) is 0 Å². The largest absolute Gasteiger partial charge is 0.467 e. The second kappa shape index (κ2) is 7.88. The van der Waals surface area contributed by atoms with Gasteiger partial charge in [-0.1, -0.05) is 12.1 Å². The summed E-state index contributed by atoms with van der Waals surface area (Å²) in [5, 5.41) is 2.71. The number of ether oxygens (including phenoxy) is 1. The fourth-order valence-corrected chi connectivity index (χ4v) is 2.59. The third kappa shape index (κ3) is 4.52. The number of pyridine rings is 1. The molecular weight excluding hydrogens is 395 g/mol. The van der Waals surface area contributed by atoms with E-state index in [1.807, 2.05) is 24.3 Å². The number of hydrogen-bond donors (Lipinski definition) is 1. The molecule has 1 aromatic carbocycles. The van der Waals surface area contributed by atoms with E-state index in [2.05, 4.69) is 32.9 Å². The van der Waals surface area contributed by atoms with Crippen molar-refractivity contribution in [1.29, 1.82) is 0 Å². The van der Waals surface area contributed by atoms with E-state index in [1.165, 1.54) is 19.5 Å². The Hall–Kier alpha value is -1.96. The highest BCUT2D eigenvalue weighted by Gasteiger charge is 2.22. The molecule has 5 nitrogen and oxygen atoms in total. The first-order valence-corrected chi connectivity index (χ1v) is 7.71. The molecule has 22 heavy (non-hydrogen) atoms. The van der Waals surface area contributed by atoms with E-state index in [9.17, 15) is 9.59 Å². The minimum atomic E-state index is -0.733. The van der Waals surface area contributed by atoms with E-state index >= 15 is 0 Å². The molecule has 114 valence electrons. The molecule has 0 unspecified atom stereocenters. The molecule has 2 aromatic rings. The van der Waals surface area contributed by atoms with Gasteiger partial charge in [0.05, 0.1) is 7.11 Å². The molecular formula is C16H15IN2O3. The predicted molar refractivity (Wildman–Crippen MR) is 90.4 cm³/mol. The third-order valence-electron chi connectivity index (χ3n) is 3.06. The summed E-state index contributed by atoms with van der Waals surface area (Å²) >= 11 is 2.20. The predicted octanol–water partition coefficient (Wildman–Crippen LogP) is 2.20. The lowest BCUT2D eigenvalue weighted by Crippen LogP contribution is -2.43. The number of nitrogens with one attached hydrogen (secondary N) is 1. The Morgan fingerprint density at radius 2 is 2.00 bits per heavy atom. The van der Waals surface area contributed by atoms with E-state index in [1.54, 1.807) is 12.1 Å². The molecule has 0 aliphatic heterocycles. The van der Waals surface area contributed by atoms with Crippen molar-refractivity contribution in [3.05, 3.63) is 63.5 Å². The molecule has 0 fully saturated rings. The lowest BCUT2D eigenvalue weighted by Gasteiger charge is -2.16. The van der Waals surface area contributed by atoms with Gasteiger partial charge in [-0.15, -0.1) is 0 Å². The van der Waals surface area contributed by atoms with Crippen LogP contribution in [0.5, 0.6) is 0 Å². The molecule has 1 atom stereocenters. The summed E-state index contributed by atoms with van der Waals surface area (Å²) in [7, 11) is 1.31. The molecule has 2 rings (SSSR count). The first-order chi connectivity index (χ1) is 10.6. The average Bonchev–Trinajstić information content (AvgIpc) is 2.54. The van der Waals surface area contributed by atoms with Gasteiger partial charge >= 0.3 is 5.97 Å². The molecule has 0 aliphatic rings. The highest BCUT2D eigenvalue weighted by atomic mass is 127. The van der Waals surface area contributed by atoms with Crippen LogP contribution >= 0.6 is 22.6 Å². The number of rotatable bonds is 5. The Kier molecular flexibility index (Phi) is 5.88. The van der Waals surface area contributed by atoms with E-state index < -0.39 is 12.0 Å². The average molecular weight is 410 g/mol. The molecule has 1 heterocycles. The summed E-state index contributed by atoms with van der Waals surface area (Å²) < 4.78 is 5.85. The monoisotopic (exact) mass is 410 g/mol. The molecule has 0 saturated heterocycles. The fourth-order valence-electron chi connectivity index (χ4n) is 1.98. The zero-order valence-electron chi connectivity index (χ0n) is 12.0. The molecule has 0 saturated carbocycles. The summed E-state index contributed by atoms with van der Waals surface area (Å²) in [6, 6.07) is 10.2. The summed E-state index contributed by atoms with van der Waals surface area (Å²) in [6.07, 6.45) is 3.43. The number of amides is 1. The summed E-state index contributed by atoms with van der Waals surface area (Å²) in [5.41, 5.74) is 1.41. The Bertz CT molecular complexity index is 661. The van der Waals surface area contributed by atoms with Crippen molar-refractivity contribution in [2.45, 2.75) is 12.5 Å². The summed E-state index contributed by atoms with van der Waals surface area (Å²) in [4.78, 5) is 28.0. The van der Waals surface area contributed by atoms with Gasteiger partial charge in [0, 0.05) is 27.9 Å². The molecule has 1 N–H and O–H groups in total. The van der Waals surface area contributed by atoms with Crippen molar-refractivity contribution >= 4 is 34.5 Å². The first-order valence-electron chi connectivity index (χ1n) is 6.63. The normalized spacial score (nSPS) is 11.5. The number of benzene rings is 1. The van der Waals surface area contributed by atoms with E-state index in [0.29, 0.717) is 12.0 Å². The van der Waals surface area contributed by atoms with Crippen LogP contribution in [-0.4, -0.2) is 30.0 Å². The van der Waals surface area contributed by atoms with E-state index in [0.717, 1.165) is 9.13 Å². The van der Waals surface area contributed by atoms with Gasteiger partial charge in [-0.25, -0.2) is 4.79 Å². The smallest absolute Gasteiger partial charge is 0.328 e. The number of halogens is 1. The van der Waals surface area contributed by atoms with Gasteiger partial charge in [0.15, 0.2) is 0 Å². The topological polar surface area (TPSA) is 68.3 Å². The quantitative estimate of drug-likeness (QED) is 0.607. The van der Waals surface area contributed by atoms with Crippen LogP contribution in [0, 0.1) is 3.57 Å². The number of nitrogens with zero attached hydrogens (tertiary/aromatic N) is 1. The van der Waals surface area contributed by atoms with Gasteiger partial charge in [-0.05, 0) is 52.4 Å². The van der Waals surface area contributed by atoms with Crippen LogP contribution in [0.3, 0.4) is 0 Å². The Labute approximate surface area is 142 Å². The van der Waals surface area contributed by atoms with E-state index in [-0.39, 0.29) is 5.91 Å². The molecule has 6 heteroatoms. The number of esters is 1. The Morgan fingerprint density at radius 3 is 2.64 bits per heavy atom. The molecule has 1 amide bonds. The lowest BCUT2D eigenvalue weighted by atomic mass is 10.1. The number of carbonyl (C=O) groups is 2. The van der Waals surface area contributed by atoms with Crippen LogP contribution in [0.1, 0.15) is 15.9 Å². The number of methoxy groups -OCH3 is 1. The Balaban J connectivity index is 2.13. The molecule has 0 spiro atoms. The minimum absolute atomic E-state index is 0.330. The van der Waals surface area contributed by atoms with Gasteiger partial charge in [0.25, 0.3) is 5.91 Å². The standard InChI is InChI=1S/C16H15IN2O3/c1-22-16(21)14(10-11-3-2-4-13(17)9-11)19-15(20)12-5-7-18-8-6-12/h2-9,14H,10H2,1H3,(H,19,20)/t14-/m0/s1. The van der Waals surface area contributed by atoms with Crippen LogP contribution in [0.15, 0.2) is 48.8 Å². The van der Waals surface area contributed by atoms with Gasteiger partial charge in [0.2, 0.25) is 0 Å². The van der Waals surface area contributed by atoms with Crippen molar-refractivity contribution < 1.29 is 14.3 Å². The second-order valence-electron chi connectivity index (χ2n) is 4.62. The van der Waals surface area contributed by atoms with Crippen LogP contribution in [0.4, 0.5) is 0 Å². The third-order valence-corrected chi connectivity index (χ3v) is 3.73. The highest BCUT2D eigenvalue weighted by Crippen LogP contribution is 2.11. The fraction of sp³-hybridized carbons (Fsp3) is 0.188. The second-order valence-corrected chi connectivity index (χ2v) is 5.86. The molecule has 0 bridgehead atoms. The number of hydrogen-bond acceptors (Lipinski definition) is 4. The number of carbonyl (C=O) groups excluding carboxylic acids is 2. The minimum Gasteiger partial charge on any atom is -0.467 e. The zero-order valence-corrected chi connectivity index (χ0v) is 14.1. The molecule has 0 aliphatic carbocycles. The maximum Gasteiger partial charge on any atom is 0.328 e. The number of aromatic nitrogens is 1. The molecule has 0 radical (unpaired) electrons. The van der Waals surface area contributed by atoms with Crippen LogP contribution < -0.4 is 5.32 Å². The van der Waals surface area contributed by atoms with Crippen molar-refractivity contribution in [2.75, 3.05) is 7.11 Å². The first kappa shape index (κ1) is 16.4. The summed E-state index contributed by atoms with van der Waals surface area (Å²) in [6.45, 7) is 0. The lowest BCUT2D eigenvalue weighted by molar-refractivity contribution is -0.142. The van der Waals surface area contributed by atoms with Gasteiger partial charge in [-0.3, -0.25) is 9.78 Å². The maximum atomic E-state index is 12.2. The van der Waals surface area contributed by atoms with Crippen molar-refractivity contribution in [1.82, 2.24) is 10.3 Å². The summed E-state index contributed by atoms with van der Waals surface area (Å²) in [5.74, 6) is -0.801. The van der Waals surface area contributed by atoms with Gasteiger partial charge < -0.3 is 10.1 Å². The Morgan fingerprint density at radius 1 is 1.27 bits per heavy atom. The zero-order chi connectivity index (χ0) is 15.9. The highest BCUT2D eigenvalue weighted by molar-refractivity contribution is 14.1. The van der Waals surface area contributed by atoms with Crippen molar-refractivity contribution in [3.8, 4) is 0 Å². The SMILES string of the molecule is COC(=O)[C@H](Cc1cccc(I)c1)NC(=O)c1ccncc1. The van der Waals surface area contributed by atoms with Gasteiger partial charge in [0.1, 0.15) is 6.04 Å². The van der Waals surface area contributed by atoms with Crippen LogP contribution in [0.2, 0.25) is 0 Å². The van der Waals surface area contributed by atoms with Crippen molar-refractivity contribution in [3.63, 3.8) is 0 Å². The maximum absolute atomic E-state index is 12.2. The van der Waals surface area contributed by atoms with Crippen LogP contribution in [0.25, 0.3) is 0 Å². The van der Waals surface area contributed by atoms with E-state index in [4.69, 9.17) is 4.74 Å². The van der Waals surface area contributed by atoms with Crippen LogP contribution in [-0.2, 0) is 16.0 Å². The van der Waals surface area contributed by atoms with Crippen molar-refractivity contribution in [2.24, 2.45) is 0 Å². The molecule has 1 aromatic heterocycles.